The van der Waals surface area contributed by atoms with Gasteiger partial charge in [-0.2, -0.15) is 0 Å². The molecule has 5 heteroatoms. The van der Waals surface area contributed by atoms with Crippen LogP contribution < -0.4 is 5.32 Å². The van der Waals surface area contributed by atoms with E-state index in [0.29, 0.717) is 15.7 Å². The normalized spacial score (nSPS) is 9.58. The lowest BCUT2D eigenvalue weighted by atomic mass is 10.3. The molecule has 1 aromatic carbocycles. The average molecular weight is 224 g/mol. The van der Waals surface area contributed by atoms with Crippen molar-refractivity contribution in [2.24, 2.45) is 0 Å². The third-order valence-corrected chi connectivity index (χ3v) is 1.64. The number of carbonyl (C=O) groups excluding carboxylic acids is 1. The van der Waals surface area contributed by atoms with Crippen LogP contribution in [0.15, 0.2) is 18.2 Å². The number of hydrogen-bond donors (Lipinski definition) is 1. The maximum atomic E-state index is 10.4. The predicted octanol–water partition coefficient (Wildman–Crippen LogP) is 3.76. The van der Waals surface area contributed by atoms with E-state index < -0.39 is 5.37 Å². The molecular formula is C7H4Cl3NO. The number of anilines is 1. The summed E-state index contributed by atoms with van der Waals surface area (Å²) in [5.74, 6) is 0. The van der Waals surface area contributed by atoms with E-state index in [1.807, 2.05) is 0 Å². The summed E-state index contributed by atoms with van der Waals surface area (Å²) >= 11 is 16.4. The van der Waals surface area contributed by atoms with Crippen LogP contribution >= 0.6 is 34.8 Å². The molecule has 1 N–H and O–H groups in total. The van der Waals surface area contributed by atoms with Crippen molar-refractivity contribution in [3.63, 3.8) is 0 Å². The van der Waals surface area contributed by atoms with E-state index in [0.717, 1.165) is 0 Å². The van der Waals surface area contributed by atoms with Gasteiger partial charge < -0.3 is 5.32 Å². The number of benzene rings is 1. The maximum absolute atomic E-state index is 10.4. The fourth-order valence-electron chi connectivity index (χ4n) is 0.739. The van der Waals surface area contributed by atoms with E-state index in [1.165, 1.54) is 0 Å². The van der Waals surface area contributed by atoms with Crippen LogP contribution in [-0.2, 0) is 0 Å². The zero-order valence-electron chi connectivity index (χ0n) is 5.77. The molecule has 12 heavy (non-hydrogen) atoms. The molecule has 0 aliphatic carbocycles. The van der Waals surface area contributed by atoms with Crippen molar-refractivity contribution in [1.82, 2.24) is 0 Å². The molecule has 64 valence electrons. The summed E-state index contributed by atoms with van der Waals surface area (Å²) in [6.45, 7) is 0. The average Bonchev–Trinajstić information content (AvgIpc) is 1.81. The molecule has 0 aliphatic rings. The number of rotatable bonds is 1. The molecule has 0 aromatic heterocycles. The van der Waals surface area contributed by atoms with E-state index in [1.54, 1.807) is 18.2 Å². The maximum Gasteiger partial charge on any atom is 0.318 e. The molecule has 0 saturated heterocycles. The molecule has 1 amide bonds. The third kappa shape index (κ3) is 2.89. The summed E-state index contributed by atoms with van der Waals surface area (Å²) < 4.78 is 0. The van der Waals surface area contributed by atoms with Gasteiger partial charge in [-0.3, -0.25) is 4.79 Å². The summed E-state index contributed by atoms with van der Waals surface area (Å²) in [5, 5.41) is 2.57. The molecule has 0 aliphatic heterocycles. The molecule has 0 spiro atoms. The lowest BCUT2D eigenvalue weighted by Gasteiger charge is -2.01. The fraction of sp³-hybridized carbons (Fsp3) is 0. The Kier molecular flexibility index (Phi) is 3.20. The van der Waals surface area contributed by atoms with Crippen LogP contribution in [0.1, 0.15) is 0 Å². The topological polar surface area (TPSA) is 29.1 Å². The Morgan fingerprint density at radius 2 is 1.67 bits per heavy atom. The van der Waals surface area contributed by atoms with Gasteiger partial charge in [0.2, 0.25) is 0 Å². The Balaban J connectivity index is 2.93. The largest absolute Gasteiger partial charge is 0.318 e. The molecule has 2 nitrogen and oxygen atoms in total. The van der Waals surface area contributed by atoms with E-state index in [-0.39, 0.29) is 0 Å². The molecule has 0 heterocycles. The summed E-state index contributed by atoms with van der Waals surface area (Å²) in [5.41, 5.74) is 0.479. The Labute approximate surface area is 84.4 Å². The standard InChI is InChI=1S/C7H4Cl3NO/c8-4-1-5(9)3-6(2-4)11-7(10)12/h1-3H,(H,11,12). The van der Waals surface area contributed by atoms with Crippen LogP contribution in [0.4, 0.5) is 10.5 Å². The molecule has 1 aromatic rings. The van der Waals surface area contributed by atoms with Crippen molar-refractivity contribution in [2.45, 2.75) is 0 Å². The monoisotopic (exact) mass is 223 g/mol. The number of carbonyl (C=O) groups is 1. The molecule has 0 atom stereocenters. The Morgan fingerprint density at radius 1 is 1.17 bits per heavy atom. The summed E-state index contributed by atoms with van der Waals surface area (Å²) in [6, 6.07) is 4.66. The van der Waals surface area contributed by atoms with Gasteiger partial charge in [0.15, 0.2) is 0 Å². The van der Waals surface area contributed by atoms with E-state index in [9.17, 15) is 4.79 Å². The molecular weight excluding hydrogens is 220 g/mol. The Hall–Kier alpha value is -0.440. The first-order valence-corrected chi connectivity index (χ1v) is 4.14. The Bertz CT molecular complexity index is 293. The predicted molar refractivity (Wildman–Crippen MR) is 51.3 cm³/mol. The van der Waals surface area contributed by atoms with Gasteiger partial charge in [0.1, 0.15) is 0 Å². The van der Waals surface area contributed by atoms with E-state index in [2.05, 4.69) is 5.32 Å². The van der Waals surface area contributed by atoms with Gasteiger partial charge in [-0.25, -0.2) is 0 Å². The minimum absolute atomic E-state index is 0.447. The zero-order chi connectivity index (χ0) is 9.14. The SMILES string of the molecule is O=C(Cl)Nc1cc(Cl)cc(Cl)c1. The summed E-state index contributed by atoms with van der Waals surface area (Å²) in [6.07, 6.45) is 0. The second-order valence-electron chi connectivity index (χ2n) is 2.06. The highest BCUT2D eigenvalue weighted by molar-refractivity contribution is 6.65. The quantitative estimate of drug-likeness (QED) is 0.571. The zero-order valence-corrected chi connectivity index (χ0v) is 8.04. The molecule has 0 unspecified atom stereocenters. The van der Waals surface area contributed by atoms with Crippen LogP contribution in [0.3, 0.4) is 0 Å². The number of amides is 1. The van der Waals surface area contributed by atoms with Crippen molar-refractivity contribution >= 4 is 45.9 Å². The van der Waals surface area contributed by atoms with Crippen LogP contribution in [-0.4, -0.2) is 5.37 Å². The van der Waals surface area contributed by atoms with Gasteiger partial charge in [-0.05, 0) is 29.8 Å². The van der Waals surface area contributed by atoms with Crippen molar-refractivity contribution < 1.29 is 4.79 Å². The number of hydrogen-bond acceptors (Lipinski definition) is 1. The number of halogens is 3. The highest BCUT2D eigenvalue weighted by atomic mass is 35.5. The summed E-state index contributed by atoms with van der Waals surface area (Å²) in [7, 11) is 0. The van der Waals surface area contributed by atoms with Gasteiger partial charge in [0.25, 0.3) is 0 Å². The molecule has 0 radical (unpaired) electrons. The lowest BCUT2D eigenvalue weighted by Crippen LogP contribution is -2.00. The second kappa shape index (κ2) is 3.99. The first-order valence-electron chi connectivity index (χ1n) is 3.00. The van der Waals surface area contributed by atoms with Crippen LogP contribution in [0.2, 0.25) is 10.0 Å². The van der Waals surface area contributed by atoms with Gasteiger partial charge in [0.05, 0.1) is 0 Å². The van der Waals surface area contributed by atoms with E-state index >= 15 is 0 Å². The lowest BCUT2D eigenvalue weighted by molar-refractivity contribution is 0.269. The van der Waals surface area contributed by atoms with Crippen molar-refractivity contribution in [3.05, 3.63) is 28.2 Å². The first-order chi connectivity index (χ1) is 5.58. The third-order valence-electron chi connectivity index (χ3n) is 1.11. The minimum Gasteiger partial charge on any atom is -0.312 e. The highest BCUT2D eigenvalue weighted by Crippen LogP contribution is 2.22. The highest BCUT2D eigenvalue weighted by Gasteiger charge is 1.99. The minimum atomic E-state index is -0.673. The van der Waals surface area contributed by atoms with Gasteiger partial charge in [-0.1, -0.05) is 23.2 Å². The van der Waals surface area contributed by atoms with Gasteiger partial charge in [0, 0.05) is 15.7 Å². The smallest absolute Gasteiger partial charge is 0.312 e. The molecule has 0 saturated carbocycles. The van der Waals surface area contributed by atoms with Crippen molar-refractivity contribution in [1.29, 1.82) is 0 Å². The van der Waals surface area contributed by atoms with Crippen LogP contribution in [0.5, 0.6) is 0 Å². The summed E-state index contributed by atoms with van der Waals surface area (Å²) in [4.78, 5) is 10.4. The van der Waals surface area contributed by atoms with Gasteiger partial charge >= 0.3 is 5.37 Å². The first kappa shape index (κ1) is 9.65. The van der Waals surface area contributed by atoms with Crippen LogP contribution in [0.25, 0.3) is 0 Å². The van der Waals surface area contributed by atoms with Crippen molar-refractivity contribution in [2.75, 3.05) is 5.32 Å². The fourth-order valence-corrected chi connectivity index (χ4v) is 1.37. The number of nitrogens with one attached hydrogen (secondary N) is 1. The van der Waals surface area contributed by atoms with E-state index in [4.69, 9.17) is 34.8 Å². The molecule has 0 fully saturated rings. The molecule has 1 rings (SSSR count). The van der Waals surface area contributed by atoms with Crippen molar-refractivity contribution in [3.8, 4) is 0 Å². The van der Waals surface area contributed by atoms with Crippen LogP contribution in [0, 0.1) is 0 Å². The van der Waals surface area contributed by atoms with Gasteiger partial charge in [-0.15, -0.1) is 0 Å². The second-order valence-corrected chi connectivity index (χ2v) is 3.27. The Morgan fingerprint density at radius 3 is 2.08 bits per heavy atom. The molecule has 0 bridgehead atoms.